The smallest absolute Gasteiger partial charge is 0.305 e. The highest BCUT2D eigenvalue weighted by Crippen LogP contribution is 2.20. The van der Waals surface area contributed by atoms with Crippen molar-refractivity contribution >= 4 is 27.5 Å². The number of nitrogens with one attached hydrogen (secondary N) is 1. The van der Waals surface area contributed by atoms with Crippen molar-refractivity contribution in [1.82, 2.24) is 5.32 Å². The van der Waals surface area contributed by atoms with Crippen LogP contribution in [0.4, 0.5) is 10.1 Å². The Morgan fingerprint density at radius 1 is 1.27 bits per heavy atom. The van der Waals surface area contributed by atoms with Gasteiger partial charge in [0.15, 0.2) is 0 Å². The van der Waals surface area contributed by atoms with E-state index in [0.29, 0.717) is 0 Å². The number of halogens is 2. The van der Waals surface area contributed by atoms with Crippen molar-refractivity contribution in [2.24, 2.45) is 0 Å². The highest BCUT2D eigenvalue weighted by molar-refractivity contribution is 9.10. The van der Waals surface area contributed by atoms with E-state index in [1.807, 2.05) is 24.3 Å². The minimum atomic E-state index is -0.970. The van der Waals surface area contributed by atoms with Crippen LogP contribution in [-0.2, 0) is 0 Å². The maximum atomic E-state index is 13.3. The van der Waals surface area contributed by atoms with Crippen molar-refractivity contribution < 1.29 is 14.1 Å². The van der Waals surface area contributed by atoms with Crippen molar-refractivity contribution in [3.8, 4) is 0 Å². The minimum Gasteiger partial charge on any atom is -0.346 e. The van der Waals surface area contributed by atoms with Gasteiger partial charge in [-0.05, 0) is 36.8 Å². The van der Waals surface area contributed by atoms with Crippen LogP contribution in [0, 0.1) is 15.9 Å². The second-order valence-corrected chi connectivity index (χ2v) is 5.59. The van der Waals surface area contributed by atoms with E-state index in [4.69, 9.17) is 0 Å². The summed E-state index contributed by atoms with van der Waals surface area (Å²) in [5.41, 5.74) is 0.203. The molecule has 0 aromatic heterocycles. The van der Waals surface area contributed by atoms with Gasteiger partial charge in [-0.2, -0.15) is 4.39 Å². The minimum absolute atomic E-state index is 0.0389. The number of hydrogen-bond acceptors (Lipinski definition) is 3. The normalized spacial score (nSPS) is 11.8. The van der Waals surface area contributed by atoms with Crippen LogP contribution < -0.4 is 5.32 Å². The Morgan fingerprint density at radius 2 is 1.91 bits per heavy atom. The maximum absolute atomic E-state index is 13.3. The van der Waals surface area contributed by atoms with E-state index >= 15 is 0 Å². The van der Waals surface area contributed by atoms with Gasteiger partial charge < -0.3 is 5.32 Å². The molecule has 0 aliphatic rings. The first-order chi connectivity index (χ1) is 10.4. The summed E-state index contributed by atoms with van der Waals surface area (Å²) in [5, 5.41) is 13.4. The summed E-state index contributed by atoms with van der Waals surface area (Å²) in [6.07, 6.45) is 0. The number of nitrogens with zero attached hydrogens (tertiary/aromatic N) is 1. The lowest BCUT2D eigenvalue weighted by molar-refractivity contribution is -0.387. The Kier molecular flexibility index (Phi) is 4.87. The number of hydrogen-bond donors (Lipinski definition) is 1. The molecule has 7 heteroatoms. The van der Waals surface area contributed by atoms with Crippen molar-refractivity contribution in [1.29, 1.82) is 0 Å². The number of amides is 1. The summed E-state index contributed by atoms with van der Waals surface area (Å²) >= 11 is 3.32. The van der Waals surface area contributed by atoms with E-state index in [1.54, 1.807) is 6.92 Å². The molecule has 0 unspecified atom stereocenters. The first-order valence-corrected chi connectivity index (χ1v) is 7.18. The Hall–Kier alpha value is -2.28. The molecule has 114 valence electrons. The molecule has 5 nitrogen and oxygen atoms in total. The van der Waals surface area contributed by atoms with Crippen molar-refractivity contribution in [3.05, 3.63) is 74.0 Å². The van der Waals surface area contributed by atoms with Crippen molar-refractivity contribution in [3.63, 3.8) is 0 Å². The molecule has 1 N–H and O–H groups in total. The molecule has 0 radical (unpaired) electrons. The lowest BCUT2D eigenvalue weighted by Gasteiger charge is -2.14. The predicted octanol–water partition coefficient (Wildman–Crippen LogP) is 3.99. The van der Waals surface area contributed by atoms with Crippen LogP contribution in [-0.4, -0.2) is 10.8 Å². The van der Waals surface area contributed by atoms with Gasteiger partial charge in [0.2, 0.25) is 5.82 Å². The lowest BCUT2D eigenvalue weighted by Crippen LogP contribution is -2.26. The Balaban J connectivity index is 2.16. The first kappa shape index (κ1) is 16.1. The quantitative estimate of drug-likeness (QED) is 0.656. The van der Waals surface area contributed by atoms with E-state index in [0.717, 1.165) is 22.2 Å². The molecular weight excluding hydrogens is 355 g/mol. The number of rotatable bonds is 4. The van der Waals surface area contributed by atoms with E-state index in [1.165, 1.54) is 6.07 Å². The van der Waals surface area contributed by atoms with Gasteiger partial charge >= 0.3 is 5.69 Å². The average molecular weight is 367 g/mol. The van der Waals surface area contributed by atoms with Crippen LogP contribution in [0.1, 0.15) is 28.9 Å². The predicted molar refractivity (Wildman–Crippen MR) is 83.1 cm³/mol. The fourth-order valence-corrected chi connectivity index (χ4v) is 2.17. The van der Waals surface area contributed by atoms with Crippen molar-refractivity contribution in [2.45, 2.75) is 13.0 Å². The van der Waals surface area contributed by atoms with Gasteiger partial charge in [-0.25, -0.2) is 0 Å². The third-order valence-electron chi connectivity index (χ3n) is 3.12. The summed E-state index contributed by atoms with van der Waals surface area (Å²) in [4.78, 5) is 22.0. The number of nitro benzene ring substituents is 1. The molecule has 0 aliphatic heterocycles. The van der Waals surface area contributed by atoms with Gasteiger partial charge in [0, 0.05) is 16.1 Å². The molecule has 1 atom stereocenters. The molecular formula is C15H12BrFN2O3. The zero-order valence-electron chi connectivity index (χ0n) is 11.5. The van der Waals surface area contributed by atoms with E-state index in [9.17, 15) is 19.3 Å². The highest BCUT2D eigenvalue weighted by atomic mass is 79.9. The van der Waals surface area contributed by atoms with Gasteiger partial charge in [0.25, 0.3) is 5.91 Å². The molecule has 0 saturated carbocycles. The largest absolute Gasteiger partial charge is 0.346 e. The van der Waals surface area contributed by atoms with E-state index in [-0.39, 0.29) is 11.6 Å². The first-order valence-electron chi connectivity index (χ1n) is 6.38. The topological polar surface area (TPSA) is 72.2 Å². The zero-order chi connectivity index (χ0) is 16.3. The van der Waals surface area contributed by atoms with Crippen molar-refractivity contribution in [2.75, 3.05) is 0 Å². The van der Waals surface area contributed by atoms with E-state index in [2.05, 4.69) is 21.2 Å². The fourth-order valence-electron chi connectivity index (χ4n) is 1.91. The number of benzene rings is 2. The third-order valence-corrected chi connectivity index (χ3v) is 3.65. The van der Waals surface area contributed by atoms with Gasteiger partial charge in [-0.3, -0.25) is 14.9 Å². The number of nitro groups is 1. The summed E-state index contributed by atoms with van der Waals surface area (Å²) in [6.45, 7) is 1.79. The molecule has 0 saturated heterocycles. The van der Waals surface area contributed by atoms with Gasteiger partial charge in [-0.15, -0.1) is 0 Å². The Labute approximate surface area is 134 Å². The van der Waals surface area contributed by atoms with Gasteiger partial charge in [0.1, 0.15) is 0 Å². The molecule has 2 rings (SSSR count). The summed E-state index contributed by atoms with van der Waals surface area (Å²) in [6, 6.07) is 10.2. The van der Waals surface area contributed by atoms with Crippen LogP contribution in [0.15, 0.2) is 46.9 Å². The van der Waals surface area contributed by atoms with Gasteiger partial charge in [0.05, 0.1) is 11.0 Å². The lowest BCUT2D eigenvalue weighted by atomic mass is 10.1. The number of carbonyl (C=O) groups is 1. The van der Waals surface area contributed by atoms with Crippen LogP contribution in [0.3, 0.4) is 0 Å². The van der Waals surface area contributed by atoms with Gasteiger partial charge in [-0.1, -0.05) is 28.1 Å². The second kappa shape index (κ2) is 6.65. The number of carbonyl (C=O) groups excluding carboxylic acids is 1. The molecule has 0 bridgehead atoms. The monoisotopic (exact) mass is 366 g/mol. The Bertz CT molecular complexity index is 719. The Morgan fingerprint density at radius 3 is 2.50 bits per heavy atom. The summed E-state index contributed by atoms with van der Waals surface area (Å²) in [7, 11) is 0. The van der Waals surface area contributed by atoms with Crippen LogP contribution in [0.5, 0.6) is 0 Å². The summed E-state index contributed by atoms with van der Waals surface area (Å²) < 4.78 is 14.2. The van der Waals surface area contributed by atoms with E-state index < -0.39 is 22.3 Å². The standard InChI is InChI=1S/C15H12BrFN2O3/c1-9(10-2-5-12(16)6-3-10)18-15(20)11-4-7-13(17)14(8-11)19(21)22/h2-9H,1H3,(H,18,20)/t9-/m0/s1. The maximum Gasteiger partial charge on any atom is 0.305 e. The SMILES string of the molecule is C[C@H](NC(=O)c1ccc(F)c([N+](=O)[O-])c1)c1ccc(Br)cc1. The summed E-state index contributed by atoms with van der Waals surface area (Å²) in [5.74, 6) is -1.47. The second-order valence-electron chi connectivity index (χ2n) is 4.67. The molecule has 2 aromatic carbocycles. The highest BCUT2D eigenvalue weighted by Gasteiger charge is 2.18. The molecule has 22 heavy (non-hydrogen) atoms. The fraction of sp³-hybridized carbons (Fsp3) is 0.133. The van der Waals surface area contributed by atoms with Crippen LogP contribution >= 0.6 is 15.9 Å². The average Bonchev–Trinajstić information content (AvgIpc) is 2.47. The zero-order valence-corrected chi connectivity index (χ0v) is 13.1. The molecule has 0 aliphatic carbocycles. The molecule has 0 heterocycles. The third kappa shape index (κ3) is 3.67. The molecule has 2 aromatic rings. The van der Waals surface area contributed by atoms with Crippen LogP contribution in [0.2, 0.25) is 0 Å². The molecule has 0 fully saturated rings. The molecule has 1 amide bonds. The molecule has 0 spiro atoms. The van der Waals surface area contributed by atoms with Crippen LogP contribution in [0.25, 0.3) is 0 Å².